The number of aromatic nitrogens is 4. The molecule has 0 radical (unpaired) electrons. The molecule has 3 N–H and O–H groups in total. The molecule has 10 nitrogen and oxygen atoms in total. The fourth-order valence-electron chi connectivity index (χ4n) is 3.48. The van der Waals surface area contributed by atoms with E-state index in [0.29, 0.717) is 41.3 Å². The Kier molecular flexibility index (Phi) is 4.96. The number of carbonyl (C=O) groups is 2. The van der Waals surface area contributed by atoms with Crippen LogP contribution in [0.3, 0.4) is 0 Å². The Morgan fingerprint density at radius 2 is 1.97 bits per heavy atom. The van der Waals surface area contributed by atoms with Gasteiger partial charge in [-0.3, -0.25) is 14.9 Å². The Labute approximate surface area is 184 Å². The van der Waals surface area contributed by atoms with Crippen LogP contribution < -0.4 is 20.9 Å². The van der Waals surface area contributed by atoms with Crippen molar-refractivity contribution in [2.75, 3.05) is 29.6 Å². The maximum Gasteiger partial charge on any atom is 0.254 e. The molecule has 164 valence electrons. The molecule has 32 heavy (non-hydrogen) atoms. The molecule has 2 aromatic heterocycles. The largest absolute Gasteiger partial charge is 0.378 e. The number of nitrogens with one attached hydrogen (secondary N) is 3. The van der Waals surface area contributed by atoms with Gasteiger partial charge in [0.15, 0.2) is 5.65 Å². The molecule has 2 fully saturated rings. The fraction of sp³-hybridized carbons (Fsp3) is 0.318. The number of hydrogen-bond donors (Lipinski definition) is 3. The zero-order valence-electron chi connectivity index (χ0n) is 17.9. The summed E-state index contributed by atoms with van der Waals surface area (Å²) in [6.45, 7) is 0.564. The van der Waals surface area contributed by atoms with E-state index in [2.05, 4.69) is 60.2 Å². The van der Waals surface area contributed by atoms with Crippen LogP contribution in [0.2, 0.25) is 0 Å². The molecule has 1 aliphatic heterocycles. The van der Waals surface area contributed by atoms with E-state index in [1.54, 1.807) is 16.8 Å². The predicted octanol–water partition coefficient (Wildman–Crippen LogP) is 1.81. The van der Waals surface area contributed by atoms with E-state index in [-0.39, 0.29) is 18.2 Å². The van der Waals surface area contributed by atoms with Gasteiger partial charge in [0.05, 0.1) is 12.6 Å². The molecule has 2 amide bonds. The summed E-state index contributed by atoms with van der Waals surface area (Å²) in [4.78, 5) is 34.8. The van der Waals surface area contributed by atoms with E-state index in [4.69, 9.17) is 0 Å². The molecule has 1 aromatic carbocycles. The number of rotatable bonds is 7. The van der Waals surface area contributed by atoms with Gasteiger partial charge in [-0.2, -0.15) is 19.6 Å². The molecule has 10 heteroatoms. The van der Waals surface area contributed by atoms with E-state index in [1.165, 1.54) is 0 Å². The first kappa shape index (κ1) is 20.0. The van der Waals surface area contributed by atoms with Gasteiger partial charge in [0.2, 0.25) is 17.8 Å². The zero-order chi connectivity index (χ0) is 22.2. The van der Waals surface area contributed by atoms with Gasteiger partial charge in [-0.15, -0.1) is 0 Å². The lowest BCUT2D eigenvalue weighted by Crippen LogP contribution is -2.19. The first-order valence-corrected chi connectivity index (χ1v) is 10.5. The van der Waals surface area contributed by atoms with Crippen LogP contribution in [0.15, 0.2) is 36.0 Å². The number of nitrogens with zero attached hydrogens (tertiary/aromatic N) is 5. The van der Waals surface area contributed by atoms with Gasteiger partial charge < -0.3 is 15.5 Å². The van der Waals surface area contributed by atoms with Gasteiger partial charge in [-0.25, -0.2) is 0 Å². The second kappa shape index (κ2) is 7.95. The standard InChI is InChI=1S/C22H24N8O2/c1-29(2)17-7-3-13(4-8-17)11-23-21-27-19-15(9-14-10-18(31)26-20(14)32)12-24-30(19)22(28-21)25-16-5-6-16/h3-4,7-9,12,16H,5-6,10-11H2,1-2H3,(H,26,31,32)(H2,23,25,27,28)/b14-9+. The number of imide groups is 1. The minimum Gasteiger partial charge on any atom is -0.378 e. The van der Waals surface area contributed by atoms with Crippen LogP contribution >= 0.6 is 0 Å². The van der Waals surface area contributed by atoms with Crippen LogP contribution in [0, 0.1) is 0 Å². The Balaban J connectivity index is 1.44. The summed E-state index contributed by atoms with van der Waals surface area (Å²) < 4.78 is 1.64. The van der Waals surface area contributed by atoms with Crippen LogP contribution in [0.25, 0.3) is 11.7 Å². The van der Waals surface area contributed by atoms with Crippen molar-refractivity contribution in [2.24, 2.45) is 0 Å². The molecule has 1 saturated carbocycles. The van der Waals surface area contributed by atoms with Crippen molar-refractivity contribution in [3.8, 4) is 0 Å². The molecule has 3 heterocycles. The lowest BCUT2D eigenvalue weighted by atomic mass is 10.1. The molecule has 0 spiro atoms. The number of hydrogen-bond acceptors (Lipinski definition) is 8. The summed E-state index contributed by atoms with van der Waals surface area (Å²) in [5, 5.41) is 13.4. The highest BCUT2D eigenvalue weighted by Crippen LogP contribution is 2.26. The molecule has 5 rings (SSSR count). The van der Waals surface area contributed by atoms with Crippen LogP contribution in [0.5, 0.6) is 0 Å². The van der Waals surface area contributed by atoms with Gasteiger partial charge in [-0.05, 0) is 36.6 Å². The van der Waals surface area contributed by atoms with Crippen molar-refractivity contribution in [3.05, 3.63) is 47.2 Å². The quantitative estimate of drug-likeness (QED) is 0.382. The lowest BCUT2D eigenvalue weighted by Gasteiger charge is -2.13. The van der Waals surface area contributed by atoms with E-state index in [0.717, 1.165) is 24.1 Å². The lowest BCUT2D eigenvalue weighted by molar-refractivity contribution is -0.124. The Hall–Kier alpha value is -3.95. The van der Waals surface area contributed by atoms with Crippen molar-refractivity contribution < 1.29 is 9.59 Å². The monoisotopic (exact) mass is 432 g/mol. The Morgan fingerprint density at radius 1 is 1.19 bits per heavy atom. The van der Waals surface area contributed by atoms with E-state index in [1.807, 2.05) is 14.1 Å². The minimum atomic E-state index is -0.376. The van der Waals surface area contributed by atoms with Crippen molar-refractivity contribution in [1.82, 2.24) is 24.9 Å². The summed E-state index contributed by atoms with van der Waals surface area (Å²) >= 11 is 0. The van der Waals surface area contributed by atoms with Crippen molar-refractivity contribution in [1.29, 1.82) is 0 Å². The van der Waals surface area contributed by atoms with Crippen molar-refractivity contribution >= 4 is 41.1 Å². The molecular formula is C22H24N8O2. The summed E-state index contributed by atoms with van der Waals surface area (Å²) in [6.07, 6.45) is 5.54. The van der Waals surface area contributed by atoms with Crippen LogP contribution in [-0.2, 0) is 16.1 Å². The highest BCUT2D eigenvalue weighted by Gasteiger charge is 2.26. The normalized spacial score (nSPS) is 17.1. The molecular weight excluding hydrogens is 408 g/mol. The third-order valence-electron chi connectivity index (χ3n) is 5.43. The highest BCUT2D eigenvalue weighted by atomic mass is 16.2. The van der Waals surface area contributed by atoms with Gasteiger partial charge >= 0.3 is 0 Å². The molecule has 0 unspecified atom stereocenters. The topological polar surface area (TPSA) is 117 Å². The number of carbonyl (C=O) groups excluding carboxylic acids is 2. The molecule has 3 aromatic rings. The average Bonchev–Trinajstić information content (AvgIpc) is 3.41. The summed E-state index contributed by atoms with van der Waals surface area (Å²) in [5.74, 6) is 0.384. The molecule has 0 atom stereocenters. The molecule has 0 bridgehead atoms. The summed E-state index contributed by atoms with van der Waals surface area (Å²) in [5.41, 5.74) is 3.86. The van der Waals surface area contributed by atoms with Crippen LogP contribution in [-0.4, -0.2) is 51.5 Å². The van der Waals surface area contributed by atoms with Crippen molar-refractivity contribution in [2.45, 2.75) is 31.8 Å². The van der Waals surface area contributed by atoms with Crippen LogP contribution in [0.4, 0.5) is 17.6 Å². The SMILES string of the molecule is CN(C)c1ccc(CNc2nc(NC3CC3)n3ncc(/C=C4\CC(=O)NC4=O)c3n2)cc1. The summed E-state index contributed by atoms with van der Waals surface area (Å²) in [7, 11) is 4.02. The Morgan fingerprint density at radius 3 is 2.62 bits per heavy atom. The number of anilines is 3. The molecule has 1 aliphatic carbocycles. The Bertz CT molecular complexity index is 1220. The van der Waals surface area contributed by atoms with Gasteiger partial charge in [0.25, 0.3) is 5.91 Å². The highest BCUT2D eigenvalue weighted by molar-refractivity contribution is 6.15. The van der Waals surface area contributed by atoms with E-state index >= 15 is 0 Å². The van der Waals surface area contributed by atoms with Gasteiger partial charge in [-0.1, -0.05) is 12.1 Å². The number of benzene rings is 1. The zero-order valence-corrected chi connectivity index (χ0v) is 17.9. The smallest absolute Gasteiger partial charge is 0.254 e. The average molecular weight is 432 g/mol. The maximum atomic E-state index is 12.0. The predicted molar refractivity (Wildman–Crippen MR) is 121 cm³/mol. The summed E-state index contributed by atoms with van der Waals surface area (Å²) in [6, 6.07) is 8.64. The molecule has 2 aliphatic rings. The van der Waals surface area contributed by atoms with Gasteiger partial charge in [0, 0.05) is 43.5 Å². The maximum absolute atomic E-state index is 12.0. The second-order valence-corrected chi connectivity index (χ2v) is 8.26. The third kappa shape index (κ3) is 4.11. The number of fused-ring (bicyclic) bond motifs is 1. The van der Waals surface area contributed by atoms with Gasteiger partial charge in [0.1, 0.15) is 0 Å². The fourth-order valence-corrected chi connectivity index (χ4v) is 3.48. The minimum absolute atomic E-state index is 0.0580. The van der Waals surface area contributed by atoms with Crippen molar-refractivity contribution in [3.63, 3.8) is 0 Å². The first-order valence-electron chi connectivity index (χ1n) is 10.5. The first-order chi connectivity index (χ1) is 15.5. The molecule has 1 saturated heterocycles. The van der Waals surface area contributed by atoms with Crippen LogP contribution in [0.1, 0.15) is 30.4 Å². The number of amides is 2. The van der Waals surface area contributed by atoms with E-state index in [9.17, 15) is 9.59 Å². The van der Waals surface area contributed by atoms with E-state index < -0.39 is 0 Å². The second-order valence-electron chi connectivity index (χ2n) is 8.26. The third-order valence-corrected chi connectivity index (χ3v) is 5.43.